The van der Waals surface area contributed by atoms with Crippen LogP contribution in [0.1, 0.15) is 16.1 Å². The van der Waals surface area contributed by atoms with E-state index in [9.17, 15) is 14.9 Å². The van der Waals surface area contributed by atoms with Crippen molar-refractivity contribution in [3.05, 3.63) is 70.0 Å². The molecule has 0 amide bonds. The maximum atomic E-state index is 11.9. The molecule has 1 heterocycles. The summed E-state index contributed by atoms with van der Waals surface area (Å²) in [4.78, 5) is 21.8. The highest BCUT2D eigenvalue weighted by Crippen LogP contribution is 2.24. The van der Waals surface area contributed by atoms with Crippen molar-refractivity contribution in [2.24, 2.45) is 5.73 Å². The summed E-state index contributed by atoms with van der Waals surface area (Å²) >= 11 is 0. The second kappa shape index (κ2) is 5.84. The average Bonchev–Trinajstić information content (AvgIpc) is 3.04. The zero-order valence-corrected chi connectivity index (χ0v) is 12.2. The molecule has 8 nitrogen and oxygen atoms in total. The highest BCUT2D eigenvalue weighted by molar-refractivity contribution is 5.99. The van der Waals surface area contributed by atoms with Gasteiger partial charge in [0.2, 0.25) is 5.76 Å². The molecule has 0 saturated heterocycles. The maximum Gasteiger partial charge on any atom is 0.433 e. The highest BCUT2D eigenvalue weighted by atomic mass is 16.7. The highest BCUT2D eigenvalue weighted by Gasteiger charge is 2.19. The predicted octanol–water partition coefficient (Wildman–Crippen LogP) is 2.84. The molecule has 0 aliphatic heterocycles. The third-order valence-corrected chi connectivity index (χ3v) is 3.31. The summed E-state index contributed by atoms with van der Waals surface area (Å²) in [6.45, 7) is 0. The second-order valence-electron chi connectivity index (χ2n) is 4.92. The second-order valence-corrected chi connectivity index (χ2v) is 4.92. The van der Waals surface area contributed by atoms with Crippen LogP contribution in [-0.4, -0.2) is 16.7 Å². The van der Waals surface area contributed by atoms with Gasteiger partial charge in [0.05, 0.1) is 6.07 Å². The van der Waals surface area contributed by atoms with Gasteiger partial charge in [-0.1, -0.05) is 18.2 Å². The quantitative estimate of drug-likeness (QED) is 0.189. The van der Waals surface area contributed by atoms with E-state index in [-0.39, 0.29) is 17.3 Å². The Hall–Kier alpha value is -3.68. The first-order valence-electron chi connectivity index (χ1n) is 6.78. The van der Waals surface area contributed by atoms with Crippen LogP contribution in [0, 0.1) is 15.5 Å². The number of nitro groups is 1. The fourth-order valence-electron chi connectivity index (χ4n) is 2.15. The monoisotopic (exact) mass is 325 g/mol. The van der Waals surface area contributed by atoms with Crippen LogP contribution in [0.5, 0.6) is 5.75 Å². The Morgan fingerprint density at radius 2 is 1.83 bits per heavy atom. The van der Waals surface area contributed by atoms with E-state index in [1.54, 1.807) is 36.4 Å². The van der Waals surface area contributed by atoms with Crippen molar-refractivity contribution < 1.29 is 18.9 Å². The van der Waals surface area contributed by atoms with Crippen LogP contribution in [-0.2, 0) is 0 Å². The summed E-state index contributed by atoms with van der Waals surface area (Å²) in [6, 6.07) is 12.4. The topological polar surface area (TPSA) is 132 Å². The first-order valence-corrected chi connectivity index (χ1v) is 6.78. The van der Waals surface area contributed by atoms with Crippen LogP contribution in [0.15, 0.2) is 52.9 Å². The number of hydrogen-bond acceptors (Lipinski definition) is 6. The number of benzene rings is 2. The van der Waals surface area contributed by atoms with Gasteiger partial charge in [0.1, 0.15) is 16.5 Å². The van der Waals surface area contributed by atoms with E-state index >= 15 is 0 Å². The van der Waals surface area contributed by atoms with E-state index < -0.39 is 16.8 Å². The van der Waals surface area contributed by atoms with Crippen molar-refractivity contribution >= 4 is 28.5 Å². The molecule has 24 heavy (non-hydrogen) atoms. The molecule has 0 radical (unpaired) electrons. The van der Waals surface area contributed by atoms with E-state index in [0.717, 1.165) is 16.8 Å². The van der Waals surface area contributed by atoms with Crippen molar-refractivity contribution in [3.63, 3.8) is 0 Å². The molecule has 8 heteroatoms. The van der Waals surface area contributed by atoms with E-state index in [1.165, 1.54) is 6.07 Å². The number of furan rings is 1. The number of nitrogens with one attached hydrogen (secondary N) is 1. The Labute approximate surface area is 135 Å². The number of nitrogens with zero attached hydrogens (tertiary/aromatic N) is 1. The minimum absolute atomic E-state index is 0.0354. The van der Waals surface area contributed by atoms with Gasteiger partial charge in [-0.3, -0.25) is 15.5 Å². The van der Waals surface area contributed by atoms with Crippen molar-refractivity contribution in [1.29, 1.82) is 5.41 Å². The number of carbonyl (C=O) groups is 1. The largest absolute Gasteiger partial charge is 0.433 e. The standard InChI is InChI=1S/C16H11N3O5/c17-15(18)11-2-1-10-8-12(4-3-9(10)7-11)23-16(20)13-5-6-14(24-13)19(21)22/h1-8H,(H3,17,18). The SMILES string of the molecule is N=C(N)c1ccc2cc(OC(=O)c3ccc([N+](=O)[O-])o3)ccc2c1. The molecule has 0 atom stereocenters. The molecule has 0 unspecified atom stereocenters. The van der Waals surface area contributed by atoms with E-state index in [1.807, 2.05) is 0 Å². The Morgan fingerprint density at radius 3 is 2.50 bits per heavy atom. The molecular formula is C16H11N3O5. The summed E-state index contributed by atoms with van der Waals surface area (Å²) in [5.41, 5.74) is 6.04. The van der Waals surface area contributed by atoms with Crippen LogP contribution < -0.4 is 10.5 Å². The zero-order valence-electron chi connectivity index (χ0n) is 12.2. The number of amidine groups is 1. The Kier molecular flexibility index (Phi) is 3.70. The lowest BCUT2D eigenvalue weighted by atomic mass is 10.1. The number of rotatable bonds is 4. The van der Waals surface area contributed by atoms with Crippen molar-refractivity contribution in [3.8, 4) is 5.75 Å². The minimum Gasteiger partial charge on any atom is -0.421 e. The number of nitrogens with two attached hydrogens (primary N) is 1. The Balaban J connectivity index is 1.84. The van der Waals surface area contributed by atoms with Crippen LogP contribution in [0.2, 0.25) is 0 Å². The minimum atomic E-state index is -0.831. The van der Waals surface area contributed by atoms with Crippen LogP contribution >= 0.6 is 0 Å². The number of esters is 1. The molecule has 0 spiro atoms. The third-order valence-electron chi connectivity index (χ3n) is 3.31. The number of fused-ring (bicyclic) bond motifs is 1. The lowest BCUT2D eigenvalue weighted by molar-refractivity contribution is -0.402. The van der Waals surface area contributed by atoms with Gasteiger partial charge in [-0.05, 0) is 35.0 Å². The van der Waals surface area contributed by atoms with Gasteiger partial charge in [-0.15, -0.1) is 0 Å². The molecule has 0 saturated carbocycles. The smallest absolute Gasteiger partial charge is 0.421 e. The van der Waals surface area contributed by atoms with Crippen molar-refractivity contribution in [2.75, 3.05) is 0 Å². The lowest BCUT2D eigenvalue weighted by Crippen LogP contribution is -2.10. The molecule has 0 aliphatic carbocycles. The Bertz CT molecular complexity index is 977. The fraction of sp³-hybridized carbons (Fsp3) is 0. The molecule has 0 fully saturated rings. The van der Waals surface area contributed by atoms with Crippen LogP contribution in [0.3, 0.4) is 0 Å². The lowest BCUT2D eigenvalue weighted by Gasteiger charge is -2.05. The van der Waals surface area contributed by atoms with Gasteiger partial charge in [0.15, 0.2) is 0 Å². The molecule has 3 aromatic rings. The van der Waals surface area contributed by atoms with E-state index in [0.29, 0.717) is 5.56 Å². The zero-order chi connectivity index (χ0) is 17.3. The maximum absolute atomic E-state index is 11.9. The van der Waals surface area contributed by atoms with Gasteiger partial charge < -0.3 is 14.9 Å². The van der Waals surface area contributed by atoms with Gasteiger partial charge in [-0.2, -0.15) is 0 Å². The first-order chi connectivity index (χ1) is 11.4. The van der Waals surface area contributed by atoms with Crippen LogP contribution in [0.25, 0.3) is 10.8 Å². The van der Waals surface area contributed by atoms with Gasteiger partial charge in [-0.25, -0.2) is 4.79 Å². The van der Waals surface area contributed by atoms with Gasteiger partial charge >= 0.3 is 11.9 Å². The van der Waals surface area contributed by atoms with Gasteiger partial charge in [0.25, 0.3) is 0 Å². The summed E-state index contributed by atoms with van der Waals surface area (Å²) in [5, 5.41) is 19.6. The number of carbonyl (C=O) groups excluding carboxylic acids is 1. The molecule has 2 aromatic carbocycles. The number of nitrogen functional groups attached to an aromatic ring is 1. The van der Waals surface area contributed by atoms with Crippen molar-refractivity contribution in [1.82, 2.24) is 0 Å². The average molecular weight is 325 g/mol. The van der Waals surface area contributed by atoms with E-state index in [2.05, 4.69) is 0 Å². The summed E-state index contributed by atoms with van der Waals surface area (Å²) < 4.78 is 9.95. The molecule has 0 aliphatic rings. The normalized spacial score (nSPS) is 10.5. The number of hydrogen-bond donors (Lipinski definition) is 2. The van der Waals surface area contributed by atoms with E-state index in [4.69, 9.17) is 20.3 Å². The number of ether oxygens (including phenoxy) is 1. The van der Waals surface area contributed by atoms with Crippen molar-refractivity contribution in [2.45, 2.75) is 0 Å². The Morgan fingerprint density at radius 1 is 1.12 bits per heavy atom. The first kappa shape index (κ1) is 15.2. The van der Waals surface area contributed by atoms with Crippen LogP contribution in [0.4, 0.5) is 5.88 Å². The summed E-state index contributed by atoms with van der Waals surface area (Å²) in [6.07, 6.45) is 0. The molecule has 3 rings (SSSR count). The predicted molar refractivity (Wildman–Crippen MR) is 85.3 cm³/mol. The summed E-state index contributed by atoms with van der Waals surface area (Å²) in [7, 11) is 0. The fourth-order valence-corrected chi connectivity index (χ4v) is 2.15. The third kappa shape index (κ3) is 2.93. The molecular weight excluding hydrogens is 314 g/mol. The molecule has 120 valence electrons. The molecule has 1 aromatic heterocycles. The summed E-state index contributed by atoms with van der Waals surface area (Å²) in [5.74, 6) is -1.39. The molecule has 3 N–H and O–H groups in total. The van der Waals surface area contributed by atoms with Gasteiger partial charge in [0, 0.05) is 5.56 Å². The molecule has 0 bridgehead atoms.